The van der Waals surface area contributed by atoms with Crippen LogP contribution in [0, 0.1) is 11.6 Å². The number of nitrogens with two attached hydrogens (primary N) is 1. The zero-order valence-corrected chi connectivity index (χ0v) is 11.5. The van der Waals surface area contributed by atoms with Crippen LogP contribution in [0.4, 0.5) is 27.1 Å². The first-order chi connectivity index (χ1) is 10.2. The summed E-state index contributed by atoms with van der Waals surface area (Å²) in [4.78, 5) is 14.2. The van der Waals surface area contributed by atoms with E-state index in [1.165, 1.54) is 0 Å². The van der Waals surface area contributed by atoms with Gasteiger partial charge in [0.25, 0.3) is 5.91 Å². The molecule has 0 bridgehead atoms. The molecular formula is C12H8F5N3OS. The van der Waals surface area contributed by atoms with Crippen LogP contribution in [-0.4, -0.2) is 10.9 Å². The number of hydrogen-bond acceptors (Lipinski definition) is 4. The number of nitrogens with zero attached hydrogens (tertiary/aromatic N) is 1. The van der Waals surface area contributed by atoms with Crippen molar-refractivity contribution in [2.75, 3.05) is 5.73 Å². The van der Waals surface area contributed by atoms with Crippen LogP contribution in [-0.2, 0) is 12.7 Å². The Balaban J connectivity index is 2.16. The molecule has 0 fully saturated rings. The molecule has 0 aliphatic heterocycles. The Morgan fingerprint density at radius 1 is 1.23 bits per heavy atom. The topological polar surface area (TPSA) is 68.0 Å². The van der Waals surface area contributed by atoms with Crippen LogP contribution in [0.25, 0.3) is 0 Å². The van der Waals surface area contributed by atoms with Gasteiger partial charge < -0.3 is 11.1 Å². The number of thiazole rings is 1. The molecule has 3 N–H and O–H groups in total. The van der Waals surface area contributed by atoms with Crippen LogP contribution in [0.3, 0.4) is 0 Å². The van der Waals surface area contributed by atoms with E-state index in [9.17, 15) is 26.7 Å². The van der Waals surface area contributed by atoms with Gasteiger partial charge in [0.2, 0.25) is 0 Å². The molecule has 1 amide bonds. The zero-order valence-electron chi connectivity index (χ0n) is 10.7. The highest BCUT2D eigenvalue weighted by atomic mass is 32.1. The molecule has 1 heterocycles. The lowest BCUT2D eigenvalue weighted by molar-refractivity contribution is -0.141. The first kappa shape index (κ1) is 16.1. The summed E-state index contributed by atoms with van der Waals surface area (Å²) in [5.41, 5.74) is 3.86. The molecule has 2 aromatic rings. The van der Waals surface area contributed by atoms with Crippen molar-refractivity contribution in [2.24, 2.45) is 0 Å². The van der Waals surface area contributed by atoms with Gasteiger partial charge in [-0.2, -0.15) is 13.2 Å². The van der Waals surface area contributed by atoms with Crippen molar-refractivity contribution in [3.63, 3.8) is 0 Å². The molecule has 0 unspecified atom stereocenters. The fourth-order valence-corrected chi connectivity index (χ4v) is 2.43. The average Bonchev–Trinajstić information content (AvgIpc) is 2.77. The zero-order chi connectivity index (χ0) is 16.5. The average molecular weight is 337 g/mol. The Labute approximate surface area is 124 Å². The summed E-state index contributed by atoms with van der Waals surface area (Å²) < 4.78 is 64.0. The maximum atomic E-state index is 13.0. The van der Waals surface area contributed by atoms with E-state index in [-0.39, 0.29) is 12.1 Å². The van der Waals surface area contributed by atoms with Crippen LogP contribution >= 0.6 is 11.3 Å². The quantitative estimate of drug-likeness (QED) is 0.846. The molecule has 0 spiro atoms. The highest BCUT2D eigenvalue weighted by molar-refractivity contribution is 7.17. The van der Waals surface area contributed by atoms with Gasteiger partial charge in [0.15, 0.2) is 10.8 Å². The minimum absolute atomic E-state index is 0.0666. The number of nitrogen functional groups attached to an aromatic ring is 1. The van der Waals surface area contributed by atoms with E-state index < -0.39 is 39.4 Å². The van der Waals surface area contributed by atoms with Crippen LogP contribution in [0.5, 0.6) is 0 Å². The standard InChI is InChI=1S/C12H8F5N3OS/c13-6-1-5(2-7(14)3-6)4-19-10(21)8-9(12(15,16)17)20-11(18)22-8/h1-3H,4H2,(H2,18,20)(H,19,21). The second-order valence-electron chi connectivity index (χ2n) is 4.19. The van der Waals surface area contributed by atoms with E-state index in [4.69, 9.17) is 5.73 Å². The largest absolute Gasteiger partial charge is 0.435 e. The van der Waals surface area contributed by atoms with Gasteiger partial charge in [-0.15, -0.1) is 0 Å². The molecule has 0 aliphatic carbocycles. The molecule has 0 aliphatic rings. The molecule has 118 valence electrons. The molecule has 2 rings (SSSR count). The number of anilines is 1. The molecule has 0 saturated carbocycles. The van der Waals surface area contributed by atoms with Gasteiger partial charge in [-0.05, 0) is 17.7 Å². The second kappa shape index (κ2) is 5.87. The maximum absolute atomic E-state index is 13.0. The fraction of sp³-hybridized carbons (Fsp3) is 0.167. The maximum Gasteiger partial charge on any atom is 0.435 e. The van der Waals surface area contributed by atoms with E-state index in [0.29, 0.717) is 17.4 Å². The van der Waals surface area contributed by atoms with Crippen LogP contribution in [0.2, 0.25) is 0 Å². The minimum Gasteiger partial charge on any atom is -0.375 e. The lowest BCUT2D eigenvalue weighted by Crippen LogP contribution is -2.24. The van der Waals surface area contributed by atoms with Crippen molar-refractivity contribution in [2.45, 2.75) is 12.7 Å². The fourth-order valence-electron chi connectivity index (χ4n) is 1.66. The molecule has 0 radical (unpaired) electrons. The lowest BCUT2D eigenvalue weighted by atomic mass is 10.2. The van der Waals surface area contributed by atoms with Crippen molar-refractivity contribution in [3.8, 4) is 0 Å². The second-order valence-corrected chi connectivity index (χ2v) is 5.22. The number of aromatic nitrogens is 1. The lowest BCUT2D eigenvalue weighted by Gasteiger charge is -2.07. The summed E-state index contributed by atoms with van der Waals surface area (Å²) >= 11 is 0.377. The number of halogens is 5. The number of carbonyl (C=O) groups excluding carboxylic acids is 1. The first-order valence-corrected chi connectivity index (χ1v) is 6.55. The number of alkyl halides is 3. The van der Waals surface area contributed by atoms with E-state index in [2.05, 4.69) is 10.3 Å². The summed E-state index contributed by atoms with van der Waals surface area (Å²) in [5, 5.41) is 1.73. The third kappa shape index (κ3) is 3.70. The van der Waals surface area contributed by atoms with Crippen LogP contribution in [0.1, 0.15) is 20.9 Å². The van der Waals surface area contributed by atoms with Gasteiger partial charge in [0.05, 0.1) is 0 Å². The molecule has 1 aromatic carbocycles. The van der Waals surface area contributed by atoms with E-state index in [1.54, 1.807) is 0 Å². The summed E-state index contributed by atoms with van der Waals surface area (Å²) in [6.45, 7) is -0.345. The predicted molar refractivity (Wildman–Crippen MR) is 69.1 cm³/mol. The van der Waals surface area contributed by atoms with Gasteiger partial charge in [-0.25, -0.2) is 13.8 Å². The normalized spacial score (nSPS) is 11.5. The summed E-state index contributed by atoms with van der Waals surface area (Å²) in [7, 11) is 0. The molecule has 4 nitrogen and oxygen atoms in total. The number of hydrogen-bond donors (Lipinski definition) is 2. The summed E-state index contributed by atoms with van der Waals surface area (Å²) in [6.07, 6.45) is -4.83. The predicted octanol–water partition coefficient (Wildman–Crippen LogP) is 2.95. The van der Waals surface area contributed by atoms with E-state index >= 15 is 0 Å². The Morgan fingerprint density at radius 3 is 2.36 bits per heavy atom. The van der Waals surface area contributed by atoms with E-state index in [0.717, 1.165) is 12.1 Å². The Kier molecular flexibility index (Phi) is 4.31. The summed E-state index contributed by atoms with van der Waals surface area (Å²) in [5.74, 6) is -2.80. The molecular weight excluding hydrogens is 329 g/mol. The van der Waals surface area contributed by atoms with Crippen molar-refractivity contribution >= 4 is 22.4 Å². The molecule has 0 atom stereocenters. The number of rotatable bonds is 3. The summed E-state index contributed by atoms with van der Waals surface area (Å²) in [6, 6.07) is 2.54. The van der Waals surface area contributed by atoms with Crippen molar-refractivity contribution < 1.29 is 26.7 Å². The Hall–Kier alpha value is -2.23. The van der Waals surface area contributed by atoms with Gasteiger partial charge in [-0.1, -0.05) is 11.3 Å². The minimum atomic E-state index is -4.83. The van der Waals surface area contributed by atoms with Crippen molar-refractivity contribution in [1.82, 2.24) is 10.3 Å². The number of amides is 1. The van der Waals surface area contributed by atoms with Gasteiger partial charge in [-0.3, -0.25) is 4.79 Å². The van der Waals surface area contributed by atoms with Crippen LogP contribution < -0.4 is 11.1 Å². The van der Waals surface area contributed by atoms with Gasteiger partial charge >= 0.3 is 6.18 Å². The van der Waals surface area contributed by atoms with Crippen LogP contribution in [0.15, 0.2) is 18.2 Å². The van der Waals surface area contributed by atoms with E-state index in [1.807, 2.05) is 0 Å². The Morgan fingerprint density at radius 2 is 1.82 bits per heavy atom. The third-order valence-corrected chi connectivity index (χ3v) is 3.38. The number of benzene rings is 1. The first-order valence-electron chi connectivity index (χ1n) is 5.73. The smallest absolute Gasteiger partial charge is 0.375 e. The molecule has 22 heavy (non-hydrogen) atoms. The third-order valence-electron chi connectivity index (χ3n) is 2.49. The molecule has 10 heteroatoms. The number of carbonyl (C=O) groups is 1. The Bertz CT molecular complexity index is 693. The van der Waals surface area contributed by atoms with Crippen molar-refractivity contribution in [1.29, 1.82) is 0 Å². The van der Waals surface area contributed by atoms with Crippen molar-refractivity contribution in [3.05, 3.63) is 46.0 Å². The number of nitrogens with one attached hydrogen (secondary N) is 1. The van der Waals surface area contributed by atoms with Gasteiger partial charge in [0.1, 0.15) is 16.5 Å². The van der Waals surface area contributed by atoms with Gasteiger partial charge in [0, 0.05) is 12.6 Å². The SMILES string of the molecule is Nc1nc(C(F)(F)F)c(C(=O)NCc2cc(F)cc(F)c2)s1. The molecule has 1 aromatic heterocycles. The molecule has 0 saturated heterocycles. The highest BCUT2D eigenvalue weighted by Crippen LogP contribution is 2.35. The highest BCUT2D eigenvalue weighted by Gasteiger charge is 2.39. The monoisotopic (exact) mass is 337 g/mol.